The summed E-state index contributed by atoms with van der Waals surface area (Å²) in [5.41, 5.74) is 0.0992. The molecule has 0 aromatic heterocycles. The molecule has 0 spiro atoms. The molecule has 0 heterocycles. The van der Waals surface area contributed by atoms with Gasteiger partial charge in [-0.3, -0.25) is 9.59 Å². The molecule has 3 N–H and O–H groups in total. The van der Waals surface area contributed by atoms with E-state index in [4.69, 9.17) is 0 Å². The molecule has 0 radical (unpaired) electrons. The predicted molar refractivity (Wildman–Crippen MR) is 89.3 cm³/mol. The van der Waals surface area contributed by atoms with Crippen LogP contribution in [0.3, 0.4) is 0 Å². The van der Waals surface area contributed by atoms with E-state index in [9.17, 15) is 14.7 Å². The molecule has 1 fully saturated rings. The van der Waals surface area contributed by atoms with E-state index in [1.807, 2.05) is 13.8 Å². The smallest absolute Gasteiger partial charge is 0.251 e. The molecule has 2 rings (SSSR count). The van der Waals surface area contributed by atoms with Gasteiger partial charge in [-0.15, -0.1) is 0 Å². The van der Waals surface area contributed by atoms with Crippen LogP contribution in [-0.4, -0.2) is 35.1 Å². The van der Waals surface area contributed by atoms with Gasteiger partial charge in [0.15, 0.2) is 0 Å². The van der Waals surface area contributed by atoms with E-state index < -0.39 is 5.60 Å². The Balaban J connectivity index is 1.90. The fourth-order valence-corrected chi connectivity index (χ4v) is 2.24. The number of nitrogens with one attached hydrogen (secondary N) is 2. The highest BCUT2D eigenvalue weighted by Gasteiger charge is 2.27. The predicted octanol–water partition coefficient (Wildman–Crippen LogP) is 2.11. The molecule has 2 atom stereocenters. The Morgan fingerprint density at radius 2 is 1.74 bits per heavy atom. The van der Waals surface area contributed by atoms with Crippen molar-refractivity contribution in [2.75, 3.05) is 6.54 Å². The minimum atomic E-state index is -0.936. The Hall–Kier alpha value is -1.88. The largest absolute Gasteiger partial charge is 0.388 e. The van der Waals surface area contributed by atoms with Crippen LogP contribution in [-0.2, 0) is 0 Å². The Morgan fingerprint density at radius 1 is 1.22 bits per heavy atom. The van der Waals surface area contributed by atoms with Gasteiger partial charge >= 0.3 is 0 Å². The van der Waals surface area contributed by atoms with Crippen molar-refractivity contribution >= 4 is 11.8 Å². The average Bonchev–Trinajstić information content (AvgIpc) is 3.35. The van der Waals surface area contributed by atoms with Crippen LogP contribution < -0.4 is 10.6 Å². The summed E-state index contributed by atoms with van der Waals surface area (Å²) in [6, 6.07) is 6.89. The quantitative estimate of drug-likeness (QED) is 0.720. The third-order valence-corrected chi connectivity index (χ3v) is 4.60. The molecular weight excluding hydrogens is 292 g/mol. The van der Waals surface area contributed by atoms with Gasteiger partial charge in [-0.1, -0.05) is 20.3 Å². The highest BCUT2D eigenvalue weighted by atomic mass is 16.3. The topological polar surface area (TPSA) is 78.4 Å². The van der Waals surface area contributed by atoms with Crippen molar-refractivity contribution in [3.8, 4) is 0 Å². The van der Waals surface area contributed by atoms with Gasteiger partial charge in [0.2, 0.25) is 0 Å². The molecule has 2 unspecified atom stereocenters. The lowest BCUT2D eigenvalue weighted by Gasteiger charge is -2.29. The van der Waals surface area contributed by atoms with E-state index in [0.29, 0.717) is 17.2 Å². The molecule has 1 saturated carbocycles. The summed E-state index contributed by atoms with van der Waals surface area (Å²) in [4.78, 5) is 24.0. The molecule has 0 aliphatic heterocycles. The first kappa shape index (κ1) is 17.5. The van der Waals surface area contributed by atoms with E-state index in [1.54, 1.807) is 31.2 Å². The number of rotatable bonds is 7. The molecule has 5 heteroatoms. The zero-order chi connectivity index (χ0) is 17.0. The summed E-state index contributed by atoms with van der Waals surface area (Å²) in [5, 5.41) is 16.0. The maximum atomic E-state index is 12.1. The molecule has 23 heavy (non-hydrogen) atoms. The van der Waals surface area contributed by atoms with Crippen molar-refractivity contribution in [2.45, 2.75) is 51.7 Å². The zero-order valence-electron chi connectivity index (χ0n) is 14.1. The number of benzene rings is 1. The van der Waals surface area contributed by atoms with Gasteiger partial charge in [0.05, 0.1) is 5.60 Å². The third kappa shape index (κ3) is 4.79. The fourth-order valence-electron chi connectivity index (χ4n) is 2.24. The molecule has 0 saturated heterocycles. The number of carbonyl (C=O) groups is 2. The van der Waals surface area contributed by atoms with Crippen molar-refractivity contribution in [1.29, 1.82) is 0 Å². The molecule has 2 amide bonds. The lowest BCUT2D eigenvalue weighted by atomic mass is 9.88. The van der Waals surface area contributed by atoms with E-state index in [1.165, 1.54) is 0 Å². The maximum Gasteiger partial charge on any atom is 0.251 e. The van der Waals surface area contributed by atoms with E-state index in [0.717, 1.165) is 19.3 Å². The summed E-state index contributed by atoms with van der Waals surface area (Å²) in [6.07, 6.45) is 2.93. The van der Waals surface area contributed by atoms with Crippen molar-refractivity contribution in [3.63, 3.8) is 0 Å². The van der Waals surface area contributed by atoms with E-state index >= 15 is 0 Å². The van der Waals surface area contributed by atoms with Crippen LogP contribution in [0.25, 0.3) is 0 Å². The third-order valence-electron chi connectivity index (χ3n) is 4.60. The number of hydrogen-bond acceptors (Lipinski definition) is 3. The highest BCUT2D eigenvalue weighted by Crippen LogP contribution is 2.20. The van der Waals surface area contributed by atoms with Crippen LogP contribution in [0.15, 0.2) is 24.3 Å². The van der Waals surface area contributed by atoms with Gasteiger partial charge in [0.25, 0.3) is 11.8 Å². The SMILES string of the molecule is CCC(C)C(C)(O)CNC(=O)c1ccc(C(=O)NC2CC2)cc1. The molecule has 5 nitrogen and oxygen atoms in total. The fraction of sp³-hybridized carbons (Fsp3) is 0.556. The first-order chi connectivity index (χ1) is 10.8. The van der Waals surface area contributed by atoms with Crippen molar-refractivity contribution in [1.82, 2.24) is 10.6 Å². The van der Waals surface area contributed by atoms with Crippen molar-refractivity contribution in [2.24, 2.45) is 5.92 Å². The van der Waals surface area contributed by atoms with Crippen LogP contribution in [0.2, 0.25) is 0 Å². The first-order valence-electron chi connectivity index (χ1n) is 8.25. The van der Waals surface area contributed by atoms with Crippen molar-refractivity contribution in [3.05, 3.63) is 35.4 Å². The van der Waals surface area contributed by atoms with Crippen LogP contribution >= 0.6 is 0 Å². The minimum Gasteiger partial charge on any atom is -0.388 e. The van der Waals surface area contributed by atoms with E-state index in [2.05, 4.69) is 10.6 Å². The molecule has 1 aliphatic carbocycles. The Morgan fingerprint density at radius 3 is 2.22 bits per heavy atom. The van der Waals surface area contributed by atoms with Gasteiger partial charge in [-0.25, -0.2) is 0 Å². The Bertz CT molecular complexity index is 562. The lowest BCUT2D eigenvalue weighted by molar-refractivity contribution is 0.00592. The normalized spacial score (nSPS) is 17.9. The van der Waals surface area contributed by atoms with Crippen molar-refractivity contribution < 1.29 is 14.7 Å². The summed E-state index contributed by atoms with van der Waals surface area (Å²) < 4.78 is 0. The Kier molecular flexibility index (Phi) is 5.42. The minimum absolute atomic E-state index is 0.0938. The molecule has 1 aromatic rings. The molecular formula is C18H26N2O3. The summed E-state index contributed by atoms with van der Waals surface area (Å²) in [6.45, 7) is 5.89. The number of aliphatic hydroxyl groups is 1. The first-order valence-corrected chi connectivity index (χ1v) is 8.25. The monoisotopic (exact) mass is 318 g/mol. The van der Waals surface area contributed by atoms with E-state index in [-0.39, 0.29) is 24.3 Å². The number of hydrogen-bond donors (Lipinski definition) is 3. The second kappa shape index (κ2) is 7.13. The average molecular weight is 318 g/mol. The van der Waals surface area contributed by atoms with Crippen LogP contribution in [0.1, 0.15) is 60.7 Å². The van der Waals surface area contributed by atoms with Gasteiger partial charge in [0, 0.05) is 23.7 Å². The number of amides is 2. The standard InChI is InChI=1S/C18H26N2O3/c1-4-12(2)18(3,23)11-19-16(21)13-5-7-14(8-6-13)17(22)20-15-9-10-15/h5-8,12,15,23H,4,9-11H2,1-3H3,(H,19,21)(H,20,22). The van der Waals surface area contributed by atoms with Gasteiger partial charge in [-0.2, -0.15) is 0 Å². The molecule has 1 aromatic carbocycles. The lowest BCUT2D eigenvalue weighted by Crippen LogP contribution is -2.45. The van der Waals surface area contributed by atoms with Gasteiger partial charge in [0.1, 0.15) is 0 Å². The van der Waals surface area contributed by atoms with Crippen LogP contribution in [0, 0.1) is 5.92 Å². The van der Waals surface area contributed by atoms with Gasteiger partial charge < -0.3 is 15.7 Å². The number of carbonyl (C=O) groups excluding carboxylic acids is 2. The van der Waals surface area contributed by atoms with Gasteiger partial charge in [-0.05, 0) is 49.9 Å². The summed E-state index contributed by atoms with van der Waals surface area (Å²) in [5.74, 6) is -0.252. The summed E-state index contributed by atoms with van der Waals surface area (Å²) in [7, 11) is 0. The second-order valence-electron chi connectivity index (χ2n) is 6.67. The zero-order valence-corrected chi connectivity index (χ0v) is 14.1. The van der Waals surface area contributed by atoms with Crippen LogP contribution in [0.4, 0.5) is 0 Å². The second-order valence-corrected chi connectivity index (χ2v) is 6.67. The molecule has 1 aliphatic rings. The molecule has 0 bridgehead atoms. The highest BCUT2D eigenvalue weighted by molar-refractivity contribution is 5.98. The Labute approximate surface area is 137 Å². The van der Waals surface area contributed by atoms with Crippen LogP contribution in [0.5, 0.6) is 0 Å². The summed E-state index contributed by atoms with van der Waals surface area (Å²) >= 11 is 0. The maximum absolute atomic E-state index is 12.1. The molecule has 126 valence electrons.